The Labute approximate surface area is 207 Å². The summed E-state index contributed by atoms with van der Waals surface area (Å²) in [7, 11) is 0. The molecule has 7 rings (SSSR count). The zero-order chi connectivity index (χ0) is 24.2. The van der Waals surface area contributed by atoms with E-state index >= 15 is 0 Å². The van der Waals surface area contributed by atoms with Gasteiger partial charge in [-0.2, -0.15) is 0 Å². The Bertz CT molecular complexity index is 1640. The number of nitrogens with one attached hydrogen (secondary N) is 2. The number of aromatic amines is 1. The van der Waals surface area contributed by atoms with Gasteiger partial charge in [-0.05, 0) is 38.1 Å². The van der Waals surface area contributed by atoms with E-state index in [0.717, 1.165) is 57.1 Å². The van der Waals surface area contributed by atoms with E-state index in [0.29, 0.717) is 17.5 Å². The van der Waals surface area contributed by atoms with E-state index in [9.17, 15) is 0 Å². The summed E-state index contributed by atoms with van der Waals surface area (Å²) in [5.41, 5.74) is 8.22. The molecule has 1 saturated heterocycles. The molecular formula is C27H23N9. The summed E-state index contributed by atoms with van der Waals surface area (Å²) in [5.74, 6) is 1.62. The molecule has 0 amide bonds. The van der Waals surface area contributed by atoms with Crippen molar-refractivity contribution >= 4 is 28.4 Å². The zero-order valence-corrected chi connectivity index (χ0v) is 19.8. The van der Waals surface area contributed by atoms with Crippen molar-refractivity contribution in [1.29, 1.82) is 0 Å². The lowest BCUT2D eigenvalue weighted by Crippen LogP contribution is -2.18. The summed E-state index contributed by atoms with van der Waals surface area (Å²) >= 11 is 0. The summed E-state index contributed by atoms with van der Waals surface area (Å²) in [6.45, 7) is 5.08. The molecule has 0 aliphatic carbocycles. The highest BCUT2D eigenvalue weighted by Crippen LogP contribution is 2.38. The zero-order valence-electron chi connectivity index (χ0n) is 19.8. The van der Waals surface area contributed by atoms with Crippen molar-refractivity contribution in [3.63, 3.8) is 0 Å². The van der Waals surface area contributed by atoms with E-state index in [4.69, 9.17) is 15.0 Å². The highest BCUT2D eigenvalue weighted by atomic mass is 15.4. The third-order valence-electron chi connectivity index (χ3n) is 6.37. The Morgan fingerprint density at radius 3 is 2.69 bits per heavy atom. The van der Waals surface area contributed by atoms with Crippen LogP contribution >= 0.6 is 0 Å². The van der Waals surface area contributed by atoms with Gasteiger partial charge in [0.25, 0.3) is 0 Å². The molecule has 1 unspecified atom stereocenters. The van der Waals surface area contributed by atoms with Crippen LogP contribution in [0.1, 0.15) is 25.2 Å². The predicted octanol–water partition coefficient (Wildman–Crippen LogP) is 4.29. The van der Waals surface area contributed by atoms with Gasteiger partial charge in [0.15, 0.2) is 11.5 Å². The molecule has 2 aliphatic rings. The van der Waals surface area contributed by atoms with E-state index in [1.165, 1.54) is 0 Å². The maximum Gasteiger partial charge on any atom is 0.178 e. The van der Waals surface area contributed by atoms with Crippen molar-refractivity contribution in [3.05, 3.63) is 78.9 Å². The second-order valence-corrected chi connectivity index (χ2v) is 9.35. The predicted molar refractivity (Wildman–Crippen MR) is 140 cm³/mol. The third kappa shape index (κ3) is 3.48. The number of nitrogens with zero attached hydrogens (tertiary/aromatic N) is 7. The fraction of sp³-hybridized carbons (Fsp3) is 0.185. The number of fused-ring (bicyclic) bond motifs is 4. The molecule has 5 aromatic rings. The lowest BCUT2D eigenvalue weighted by molar-refractivity contribution is 0.898. The largest absolute Gasteiger partial charge is 0.382 e. The summed E-state index contributed by atoms with van der Waals surface area (Å²) in [6, 6.07) is 10.5. The monoisotopic (exact) mass is 473 g/mol. The van der Waals surface area contributed by atoms with Crippen molar-refractivity contribution < 1.29 is 0 Å². The minimum Gasteiger partial charge on any atom is -0.382 e. The summed E-state index contributed by atoms with van der Waals surface area (Å²) in [6.07, 6.45) is 11.1. The van der Waals surface area contributed by atoms with Crippen molar-refractivity contribution in [1.82, 2.24) is 29.9 Å². The lowest BCUT2D eigenvalue weighted by atomic mass is 10.0. The Hall–Kier alpha value is -4.66. The first kappa shape index (κ1) is 20.7. The van der Waals surface area contributed by atoms with Crippen LogP contribution < -0.4 is 10.2 Å². The number of rotatable bonds is 5. The second kappa shape index (κ2) is 7.94. The molecule has 5 aromatic heterocycles. The van der Waals surface area contributed by atoms with Crippen LogP contribution in [0.5, 0.6) is 0 Å². The normalized spacial score (nSPS) is 16.0. The van der Waals surface area contributed by atoms with Gasteiger partial charge in [-0.1, -0.05) is 6.07 Å². The van der Waals surface area contributed by atoms with Gasteiger partial charge in [-0.25, -0.2) is 15.0 Å². The molecule has 176 valence electrons. The number of hydrogen-bond acceptors (Lipinski definition) is 8. The topological polar surface area (TPSA) is 108 Å². The molecule has 7 heterocycles. The molecule has 0 spiro atoms. The molecule has 0 saturated carbocycles. The van der Waals surface area contributed by atoms with Gasteiger partial charge in [0.1, 0.15) is 17.7 Å². The average molecular weight is 474 g/mol. The number of anilines is 2. The maximum absolute atomic E-state index is 5.00. The highest BCUT2D eigenvalue weighted by molar-refractivity contribution is 6.17. The smallest absolute Gasteiger partial charge is 0.178 e. The van der Waals surface area contributed by atoms with Gasteiger partial charge < -0.3 is 15.2 Å². The molecule has 0 radical (unpaired) electrons. The van der Waals surface area contributed by atoms with Crippen LogP contribution in [-0.2, 0) is 0 Å². The molecule has 36 heavy (non-hydrogen) atoms. The van der Waals surface area contributed by atoms with E-state index in [2.05, 4.69) is 56.1 Å². The van der Waals surface area contributed by atoms with E-state index in [1.54, 1.807) is 12.4 Å². The lowest BCUT2D eigenvalue weighted by Gasteiger charge is -2.17. The molecule has 2 aliphatic heterocycles. The van der Waals surface area contributed by atoms with Crippen LogP contribution in [-0.4, -0.2) is 54.4 Å². The fourth-order valence-corrected chi connectivity index (χ4v) is 4.69. The Morgan fingerprint density at radius 1 is 0.944 bits per heavy atom. The van der Waals surface area contributed by atoms with Gasteiger partial charge in [-0.3, -0.25) is 15.0 Å². The Kier molecular flexibility index (Phi) is 4.57. The maximum atomic E-state index is 5.00. The molecule has 9 nitrogen and oxygen atoms in total. The standard InChI is InChI=1S/C27H23N9/c1-15(2)32-19-8-17(11-29-13-19)18-9-21-24(33-22-14-36(22)27(21)31-12-18)26-34-23-20(5-7-30-25(23)35-26)16-4-3-6-28-10-16/h3-13,15,22,32H,14H2,1-2H3,(H,30,34,35). The van der Waals surface area contributed by atoms with E-state index < -0.39 is 0 Å². The van der Waals surface area contributed by atoms with Crippen LogP contribution in [0.4, 0.5) is 11.5 Å². The number of hydrogen-bond donors (Lipinski definition) is 2. The first-order chi connectivity index (χ1) is 17.6. The van der Waals surface area contributed by atoms with Crippen LogP contribution in [0.25, 0.3) is 33.4 Å². The van der Waals surface area contributed by atoms with Gasteiger partial charge in [-0.15, -0.1) is 0 Å². The Morgan fingerprint density at radius 2 is 1.83 bits per heavy atom. The number of aromatic nitrogens is 6. The molecule has 9 heteroatoms. The van der Waals surface area contributed by atoms with Gasteiger partial charge >= 0.3 is 0 Å². The fourth-order valence-electron chi connectivity index (χ4n) is 4.69. The van der Waals surface area contributed by atoms with E-state index in [-0.39, 0.29) is 6.17 Å². The molecule has 1 fully saturated rings. The van der Waals surface area contributed by atoms with Crippen molar-refractivity contribution in [2.75, 3.05) is 16.8 Å². The SMILES string of the molecule is CC(C)Nc1cncc(-c2cnc3c(c2)C(c2nc4nccc(-c5cccnc5)c4[nH]2)=NC2CN32)c1. The minimum absolute atomic E-state index is 0.102. The van der Waals surface area contributed by atoms with Crippen LogP contribution in [0.15, 0.2) is 72.5 Å². The molecule has 2 N–H and O–H groups in total. The van der Waals surface area contributed by atoms with Crippen molar-refractivity contribution in [3.8, 4) is 22.3 Å². The first-order valence-corrected chi connectivity index (χ1v) is 12.0. The second-order valence-electron chi connectivity index (χ2n) is 9.35. The molecule has 0 bridgehead atoms. The third-order valence-corrected chi connectivity index (χ3v) is 6.37. The highest BCUT2D eigenvalue weighted by Gasteiger charge is 2.42. The molecular weight excluding hydrogens is 450 g/mol. The number of aliphatic imine (C=N–C) groups is 1. The quantitative estimate of drug-likeness (QED) is 0.367. The van der Waals surface area contributed by atoms with Gasteiger partial charge in [0, 0.05) is 71.0 Å². The summed E-state index contributed by atoms with van der Waals surface area (Å²) in [5, 5.41) is 3.42. The minimum atomic E-state index is 0.102. The first-order valence-electron chi connectivity index (χ1n) is 12.0. The van der Waals surface area contributed by atoms with E-state index in [1.807, 2.05) is 43.0 Å². The van der Waals surface area contributed by atoms with Gasteiger partial charge in [0.2, 0.25) is 0 Å². The average Bonchev–Trinajstić information content (AvgIpc) is 3.56. The van der Waals surface area contributed by atoms with Crippen molar-refractivity contribution in [2.24, 2.45) is 4.99 Å². The Balaban J connectivity index is 1.33. The number of imidazole rings is 1. The number of H-pyrrole nitrogens is 1. The molecule has 0 aromatic carbocycles. The summed E-state index contributed by atoms with van der Waals surface area (Å²) in [4.78, 5) is 33.6. The summed E-state index contributed by atoms with van der Waals surface area (Å²) < 4.78 is 0. The van der Waals surface area contributed by atoms with Crippen LogP contribution in [0.2, 0.25) is 0 Å². The van der Waals surface area contributed by atoms with Gasteiger partial charge in [0.05, 0.1) is 17.7 Å². The van der Waals surface area contributed by atoms with Crippen molar-refractivity contribution in [2.45, 2.75) is 26.1 Å². The molecule has 1 atom stereocenters. The number of pyridine rings is 4. The van der Waals surface area contributed by atoms with Crippen LogP contribution in [0.3, 0.4) is 0 Å². The van der Waals surface area contributed by atoms with Crippen LogP contribution in [0, 0.1) is 0 Å².